The number of hydrogen-bond donors (Lipinski definition) is 2. The minimum Gasteiger partial charge on any atom is -0.385 e. The highest BCUT2D eigenvalue weighted by atomic mass is 16.1. The fraction of sp³-hybridized carbons (Fsp3) is 0.533. The molecule has 1 aliphatic heterocycles. The molecule has 2 atom stereocenters. The van der Waals surface area contributed by atoms with Gasteiger partial charge in [0.2, 0.25) is 0 Å². The zero-order valence-corrected chi connectivity index (χ0v) is 10.8. The van der Waals surface area contributed by atoms with Crippen LogP contribution >= 0.6 is 0 Å². The summed E-state index contributed by atoms with van der Waals surface area (Å²) in [6.07, 6.45) is 4.54. The molecule has 0 bridgehead atoms. The van der Waals surface area contributed by atoms with Gasteiger partial charge in [0, 0.05) is 23.8 Å². The quantitative estimate of drug-likeness (QED) is 0.858. The number of anilines is 1. The molecule has 3 rings (SSSR count). The average molecular weight is 244 g/mol. The molecule has 3 nitrogen and oxygen atoms in total. The predicted octanol–water partition coefficient (Wildman–Crippen LogP) is 2.57. The van der Waals surface area contributed by atoms with Gasteiger partial charge in [-0.05, 0) is 48.9 Å². The van der Waals surface area contributed by atoms with Gasteiger partial charge in [0.1, 0.15) is 0 Å². The number of benzene rings is 1. The van der Waals surface area contributed by atoms with Crippen molar-refractivity contribution in [2.45, 2.75) is 38.6 Å². The van der Waals surface area contributed by atoms with Crippen LogP contribution in [0.25, 0.3) is 0 Å². The smallest absolute Gasteiger partial charge is 0.251 e. The Morgan fingerprint density at radius 2 is 2.39 bits per heavy atom. The second-order valence-electron chi connectivity index (χ2n) is 5.39. The maximum Gasteiger partial charge on any atom is 0.251 e. The Labute approximate surface area is 108 Å². The number of rotatable bonds is 3. The fourth-order valence-corrected chi connectivity index (χ4v) is 2.74. The molecule has 1 aromatic carbocycles. The van der Waals surface area contributed by atoms with Gasteiger partial charge in [0.05, 0.1) is 0 Å². The van der Waals surface area contributed by atoms with Gasteiger partial charge in [-0.15, -0.1) is 0 Å². The molecule has 1 heterocycles. The Hall–Kier alpha value is -1.51. The minimum absolute atomic E-state index is 0.0873. The summed E-state index contributed by atoms with van der Waals surface area (Å²) in [7, 11) is 0. The molecule has 18 heavy (non-hydrogen) atoms. The maximum atomic E-state index is 12.1. The summed E-state index contributed by atoms with van der Waals surface area (Å²) in [6, 6.07) is 6.42. The lowest BCUT2D eigenvalue weighted by molar-refractivity contribution is 0.0949. The van der Waals surface area contributed by atoms with E-state index in [4.69, 9.17) is 0 Å². The Balaban J connectivity index is 1.70. The predicted molar refractivity (Wildman–Crippen MR) is 72.9 cm³/mol. The molecular formula is C15H20N2O. The molecule has 0 radical (unpaired) electrons. The van der Waals surface area contributed by atoms with E-state index in [1.807, 2.05) is 18.2 Å². The molecule has 0 saturated heterocycles. The van der Waals surface area contributed by atoms with Gasteiger partial charge in [0.15, 0.2) is 0 Å². The first-order valence-corrected chi connectivity index (χ1v) is 6.95. The van der Waals surface area contributed by atoms with Gasteiger partial charge in [0.25, 0.3) is 5.91 Å². The van der Waals surface area contributed by atoms with Crippen LogP contribution in [0.1, 0.15) is 42.1 Å². The van der Waals surface area contributed by atoms with Crippen molar-refractivity contribution in [2.24, 2.45) is 5.92 Å². The third kappa shape index (κ3) is 2.22. The summed E-state index contributed by atoms with van der Waals surface area (Å²) in [5.41, 5.74) is 3.27. The van der Waals surface area contributed by atoms with Crippen molar-refractivity contribution in [3.63, 3.8) is 0 Å². The van der Waals surface area contributed by atoms with E-state index >= 15 is 0 Å². The molecule has 1 saturated carbocycles. The van der Waals surface area contributed by atoms with Crippen molar-refractivity contribution in [3.05, 3.63) is 29.3 Å². The highest BCUT2D eigenvalue weighted by Crippen LogP contribution is 2.33. The molecule has 1 aromatic rings. The summed E-state index contributed by atoms with van der Waals surface area (Å²) in [6.45, 7) is 3.22. The second kappa shape index (κ2) is 4.63. The number of aryl methyl sites for hydroxylation is 1. The standard InChI is InChI=1S/C15H20N2O/c1-2-10-9-14(10)17-15(18)12-5-6-13-11(8-12)4-3-7-16-13/h5-6,8,10,14,16H,2-4,7,9H2,1H3,(H,17,18). The highest BCUT2D eigenvalue weighted by molar-refractivity contribution is 5.95. The van der Waals surface area contributed by atoms with E-state index in [-0.39, 0.29) is 5.91 Å². The first kappa shape index (κ1) is 11.6. The molecule has 0 aromatic heterocycles. The van der Waals surface area contributed by atoms with Crippen molar-refractivity contribution in [1.29, 1.82) is 0 Å². The molecule has 3 heteroatoms. The molecule has 1 fully saturated rings. The lowest BCUT2D eigenvalue weighted by Gasteiger charge is -2.18. The van der Waals surface area contributed by atoms with Crippen molar-refractivity contribution < 1.29 is 4.79 Å². The number of carbonyl (C=O) groups is 1. The van der Waals surface area contributed by atoms with Crippen LogP contribution in [0.5, 0.6) is 0 Å². The van der Waals surface area contributed by atoms with Crippen LogP contribution in [-0.4, -0.2) is 18.5 Å². The Kier molecular flexibility index (Phi) is 2.98. The van der Waals surface area contributed by atoms with Crippen molar-refractivity contribution in [2.75, 3.05) is 11.9 Å². The van der Waals surface area contributed by atoms with Gasteiger partial charge >= 0.3 is 0 Å². The normalized spacial score (nSPS) is 24.9. The zero-order chi connectivity index (χ0) is 12.5. The van der Waals surface area contributed by atoms with Crippen LogP contribution in [0.15, 0.2) is 18.2 Å². The number of carbonyl (C=O) groups excluding carboxylic acids is 1. The summed E-state index contributed by atoms with van der Waals surface area (Å²) in [5, 5.41) is 6.48. The van der Waals surface area contributed by atoms with Gasteiger partial charge in [-0.1, -0.05) is 13.3 Å². The van der Waals surface area contributed by atoms with Crippen molar-refractivity contribution in [1.82, 2.24) is 5.32 Å². The van der Waals surface area contributed by atoms with Crippen molar-refractivity contribution >= 4 is 11.6 Å². The molecule has 0 spiro atoms. The second-order valence-corrected chi connectivity index (χ2v) is 5.39. The van der Waals surface area contributed by atoms with Crippen LogP contribution in [0, 0.1) is 5.92 Å². The van der Waals surface area contributed by atoms with Crippen LogP contribution in [0.3, 0.4) is 0 Å². The molecular weight excluding hydrogens is 224 g/mol. The summed E-state index contributed by atoms with van der Waals surface area (Å²) >= 11 is 0. The Morgan fingerprint density at radius 3 is 3.17 bits per heavy atom. The topological polar surface area (TPSA) is 41.1 Å². The maximum absolute atomic E-state index is 12.1. The van der Waals surface area contributed by atoms with Crippen LogP contribution in [0.2, 0.25) is 0 Å². The molecule has 2 aliphatic rings. The summed E-state index contributed by atoms with van der Waals surface area (Å²) in [5.74, 6) is 0.789. The first-order valence-electron chi connectivity index (χ1n) is 6.95. The molecule has 1 aliphatic carbocycles. The summed E-state index contributed by atoms with van der Waals surface area (Å²) in [4.78, 5) is 12.1. The minimum atomic E-state index is 0.0873. The van der Waals surface area contributed by atoms with E-state index in [0.29, 0.717) is 12.0 Å². The van der Waals surface area contributed by atoms with Gasteiger partial charge in [-0.2, -0.15) is 0 Å². The third-order valence-corrected chi connectivity index (χ3v) is 4.07. The Morgan fingerprint density at radius 1 is 1.50 bits per heavy atom. The van der Waals surface area contributed by atoms with Gasteiger partial charge in [-0.25, -0.2) is 0 Å². The lowest BCUT2D eigenvalue weighted by Crippen LogP contribution is -2.27. The van der Waals surface area contributed by atoms with E-state index < -0.39 is 0 Å². The number of hydrogen-bond acceptors (Lipinski definition) is 2. The van der Waals surface area contributed by atoms with Crippen LogP contribution < -0.4 is 10.6 Å². The summed E-state index contributed by atoms with van der Waals surface area (Å²) < 4.78 is 0. The number of nitrogens with one attached hydrogen (secondary N) is 2. The molecule has 2 N–H and O–H groups in total. The Bertz CT molecular complexity index is 470. The molecule has 2 unspecified atom stereocenters. The average Bonchev–Trinajstić information content (AvgIpc) is 3.16. The van der Waals surface area contributed by atoms with E-state index in [1.54, 1.807) is 0 Å². The van der Waals surface area contributed by atoms with Crippen molar-refractivity contribution in [3.8, 4) is 0 Å². The molecule has 96 valence electrons. The SMILES string of the molecule is CCC1CC1NC(=O)c1ccc2c(c1)CCCN2. The number of amides is 1. The first-order chi connectivity index (χ1) is 8.78. The van der Waals surface area contributed by atoms with Gasteiger partial charge < -0.3 is 10.6 Å². The third-order valence-electron chi connectivity index (χ3n) is 4.07. The highest BCUT2D eigenvalue weighted by Gasteiger charge is 2.36. The van der Waals surface area contributed by atoms with Crippen LogP contribution in [-0.2, 0) is 6.42 Å². The lowest BCUT2D eigenvalue weighted by atomic mass is 10.0. The monoisotopic (exact) mass is 244 g/mol. The molecule has 1 amide bonds. The van der Waals surface area contributed by atoms with Gasteiger partial charge in [-0.3, -0.25) is 4.79 Å². The zero-order valence-electron chi connectivity index (χ0n) is 10.8. The van der Waals surface area contributed by atoms with E-state index in [1.165, 1.54) is 17.7 Å². The number of fused-ring (bicyclic) bond motifs is 1. The van der Waals surface area contributed by atoms with E-state index in [2.05, 4.69) is 17.6 Å². The fourth-order valence-electron chi connectivity index (χ4n) is 2.74. The van der Waals surface area contributed by atoms with E-state index in [0.717, 1.165) is 31.4 Å². The largest absolute Gasteiger partial charge is 0.385 e. The van der Waals surface area contributed by atoms with Crippen LogP contribution in [0.4, 0.5) is 5.69 Å². The van der Waals surface area contributed by atoms with E-state index in [9.17, 15) is 4.79 Å².